The first-order valence-electron chi connectivity index (χ1n) is 5.64. The molecular formula is C14H12ClNO3. The molecular weight excluding hydrogens is 266 g/mol. The molecule has 1 aromatic carbocycles. The van der Waals surface area contributed by atoms with Crippen LogP contribution in [0.15, 0.2) is 36.4 Å². The second-order valence-electron chi connectivity index (χ2n) is 4.02. The molecule has 1 N–H and O–H groups in total. The van der Waals surface area contributed by atoms with Crippen LogP contribution in [0.4, 0.5) is 0 Å². The first kappa shape index (κ1) is 13.4. The maximum Gasteiger partial charge on any atom is 0.354 e. The highest BCUT2D eigenvalue weighted by Gasteiger charge is 2.06. The molecule has 4 nitrogen and oxygen atoms in total. The van der Waals surface area contributed by atoms with Gasteiger partial charge in [-0.05, 0) is 42.8 Å². The van der Waals surface area contributed by atoms with E-state index in [-0.39, 0.29) is 12.3 Å². The molecule has 2 rings (SSSR count). The summed E-state index contributed by atoms with van der Waals surface area (Å²) in [5, 5.41) is 9.50. The Bertz CT molecular complexity index is 613. The number of benzene rings is 1. The molecule has 0 unspecified atom stereocenters. The number of carboxylic acids is 1. The maximum atomic E-state index is 10.8. The Morgan fingerprint density at radius 3 is 2.84 bits per heavy atom. The Morgan fingerprint density at radius 1 is 1.37 bits per heavy atom. The molecule has 0 atom stereocenters. The van der Waals surface area contributed by atoms with E-state index in [1.807, 2.05) is 6.92 Å². The minimum absolute atomic E-state index is 0.00827. The van der Waals surface area contributed by atoms with E-state index in [1.165, 1.54) is 6.07 Å². The third-order valence-electron chi connectivity index (χ3n) is 2.54. The van der Waals surface area contributed by atoms with E-state index in [9.17, 15) is 4.79 Å². The fraction of sp³-hybridized carbons (Fsp3) is 0.143. The molecule has 0 aliphatic heterocycles. The van der Waals surface area contributed by atoms with E-state index in [4.69, 9.17) is 21.4 Å². The molecule has 0 amide bonds. The largest absolute Gasteiger partial charge is 0.487 e. The van der Waals surface area contributed by atoms with E-state index in [1.54, 1.807) is 30.3 Å². The minimum atomic E-state index is -1.05. The molecule has 0 bridgehead atoms. The number of halogens is 1. The fourth-order valence-electron chi connectivity index (χ4n) is 1.61. The minimum Gasteiger partial charge on any atom is -0.487 e. The third kappa shape index (κ3) is 3.45. The summed E-state index contributed by atoms with van der Waals surface area (Å²) >= 11 is 5.86. The third-order valence-corrected chi connectivity index (χ3v) is 2.77. The van der Waals surface area contributed by atoms with Gasteiger partial charge in [-0.1, -0.05) is 17.7 Å². The fourth-order valence-corrected chi connectivity index (χ4v) is 1.83. The molecule has 1 heterocycles. The van der Waals surface area contributed by atoms with E-state index < -0.39 is 5.97 Å². The summed E-state index contributed by atoms with van der Waals surface area (Å²) < 4.78 is 5.60. The number of aromatic nitrogens is 1. The highest BCUT2D eigenvalue weighted by molar-refractivity contribution is 6.30. The van der Waals surface area contributed by atoms with Crippen molar-refractivity contribution in [1.29, 1.82) is 0 Å². The number of nitrogens with zero attached hydrogens (tertiary/aromatic N) is 1. The Kier molecular flexibility index (Phi) is 4.02. The molecule has 1 aromatic heterocycles. The predicted octanol–water partition coefficient (Wildman–Crippen LogP) is 3.32. The molecule has 0 saturated heterocycles. The molecule has 0 spiro atoms. The normalized spacial score (nSPS) is 10.2. The zero-order valence-corrected chi connectivity index (χ0v) is 11.0. The first-order valence-corrected chi connectivity index (χ1v) is 6.02. The van der Waals surface area contributed by atoms with E-state index in [0.717, 1.165) is 5.56 Å². The summed E-state index contributed by atoms with van der Waals surface area (Å²) in [6.45, 7) is 2.10. The van der Waals surface area contributed by atoms with Crippen LogP contribution >= 0.6 is 11.6 Å². The van der Waals surface area contributed by atoms with Gasteiger partial charge >= 0.3 is 5.97 Å². The number of rotatable bonds is 4. The Hall–Kier alpha value is -2.07. The molecule has 19 heavy (non-hydrogen) atoms. The maximum absolute atomic E-state index is 10.8. The first-order chi connectivity index (χ1) is 9.06. The van der Waals surface area contributed by atoms with Crippen molar-refractivity contribution < 1.29 is 14.6 Å². The average Bonchev–Trinajstić information content (AvgIpc) is 2.38. The summed E-state index contributed by atoms with van der Waals surface area (Å²) in [7, 11) is 0. The van der Waals surface area contributed by atoms with Crippen molar-refractivity contribution in [2.45, 2.75) is 13.5 Å². The van der Waals surface area contributed by atoms with Crippen LogP contribution in [0.2, 0.25) is 5.02 Å². The van der Waals surface area contributed by atoms with Crippen LogP contribution in [0.3, 0.4) is 0 Å². The molecule has 0 saturated carbocycles. The van der Waals surface area contributed by atoms with Crippen LogP contribution < -0.4 is 4.74 Å². The quantitative estimate of drug-likeness (QED) is 0.931. The van der Waals surface area contributed by atoms with Crippen molar-refractivity contribution in [3.8, 4) is 5.75 Å². The molecule has 2 aromatic rings. The zero-order valence-electron chi connectivity index (χ0n) is 10.3. The smallest absolute Gasteiger partial charge is 0.354 e. The summed E-state index contributed by atoms with van der Waals surface area (Å²) in [4.78, 5) is 14.8. The molecule has 0 fully saturated rings. The summed E-state index contributed by atoms with van der Waals surface area (Å²) in [5.41, 5.74) is 1.49. The zero-order chi connectivity index (χ0) is 13.8. The second kappa shape index (κ2) is 5.71. The SMILES string of the molecule is Cc1cc(Cl)ccc1OCc1cccc(C(=O)O)n1. The van der Waals surface area contributed by atoms with Crippen LogP contribution in [-0.4, -0.2) is 16.1 Å². The van der Waals surface area contributed by atoms with Gasteiger partial charge in [-0.3, -0.25) is 0 Å². The van der Waals surface area contributed by atoms with Crippen LogP contribution in [0.1, 0.15) is 21.7 Å². The van der Waals surface area contributed by atoms with Gasteiger partial charge in [-0.25, -0.2) is 9.78 Å². The average molecular weight is 278 g/mol. The van der Waals surface area contributed by atoms with E-state index in [2.05, 4.69) is 4.98 Å². The van der Waals surface area contributed by atoms with Gasteiger partial charge in [0.25, 0.3) is 0 Å². The van der Waals surface area contributed by atoms with Crippen molar-refractivity contribution in [2.75, 3.05) is 0 Å². The summed E-state index contributed by atoms with van der Waals surface area (Å²) in [6.07, 6.45) is 0. The van der Waals surface area contributed by atoms with Gasteiger partial charge in [-0.15, -0.1) is 0 Å². The monoisotopic (exact) mass is 277 g/mol. The topological polar surface area (TPSA) is 59.4 Å². The number of carbonyl (C=O) groups is 1. The Morgan fingerprint density at radius 2 is 2.16 bits per heavy atom. The van der Waals surface area contributed by atoms with Crippen molar-refractivity contribution in [1.82, 2.24) is 4.98 Å². The second-order valence-corrected chi connectivity index (χ2v) is 4.45. The highest BCUT2D eigenvalue weighted by Crippen LogP contribution is 2.22. The van der Waals surface area contributed by atoms with Crippen molar-refractivity contribution >= 4 is 17.6 Å². The van der Waals surface area contributed by atoms with Gasteiger partial charge in [0.15, 0.2) is 0 Å². The lowest BCUT2D eigenvalue weighted by molar-refractivity contribution is 0.0690. The van der Waals surface area contributed by atoms with Crippen molar-refractivity contribution in [2.24, 2.45) is 0 Å². The van der Waals surface area contributed by atoms with Gasteiger partial charge in [0.1, 0.15) is 18.1 Å². The van der Waals surface area contributed by atoms with Crippen LogP contribution in [0, 0.1) is 6.92 Å². The highest BCUT2D eigenvalue weighted by atomic mass is 35.5. The van der Waals surface area contributed by atoms with Gasteiger partial charge in [0, 0.05) is 5.02 Å². The van der Waals surface area contributed by atoms with Gasteiger partial charge in [0.05, 0.1) is 5.69 Å². The number of carboxylic acid groups (broad SMARTS) is 1. The number of aromatic carboxylic acids is 1. The predicted molar refractivity (Wildman–Crippen MR) is 71.7 cm³/mol. The van der Waals surface area contributed by atoms with Crippen LogP contribution in [-0.2, 0) is 6.61 Å². The lowest BCUT2D eigenvalue weighted by atomic mass is 10.2. The molecule has 0 radical (unpaired) electrons. The lowest BCUT2D eigenvalue weighted by Gasteiger charge is -2.09. The number of hydrogen-bond acceptors (Lipinski definition) is 3. The van der Waals surface area contributed by atoms with Gasteiger partial charge in [-0.2, -0.15) is 0 Å². The summed E-state index contributed by atoms with van der Waals surface area (Å²) in [5.74, 6) is -0.351. The molecule has 98 valence electrons. The van der Waals surface area contributed by atoms with Crippen LogP contribution in [0.25, 0.3) is 0 Å². The molecule has 0 aliphatic carbocycles. The number of pyridine rings is 1. The number of hydrogen-bond donors (Lipinski definition) is 1. The Labute approximate surface area is 115 Å². The van der Waals surface area contributed by atoms with E-state index in [0.29, 0.717) is 16.5 Å². The number of aryl methyl sites for hydroxylation is 1. The molecule has 0 aliphatic rings. The van der Waals surface area contributed by atoms with Crippen molar-refractivity contribution in [3.05, 3.63) is 58.4 Å². The van der Waals surface area contributed by atoms with Gasteiger partial charge in [0.2, 0.25) is 0 Å². The Balaban J connectivity index is 2.10. The van der Waals surface area contributed by atoms with Gasteiger partial charge < -0.3 is 9.84 Å². The lowest BCUT2D eigenvalue weighted by Crippen LogP contribution is -2.05. The van der Waals surface area contributed by atoms with Crippen molar-refractivity contribution in [3.63, 3.8) is 0 Å². The summed E-state index contributed by atoms with van der Waals surface area (Å²) in [6, 6.07) is 10.1. The van der Waals surface area contributed by atoms with Crippen LogP contribution in [0.5, 0.6) is 5.75 Å². The number of ether oxygens (including phenoxy) is 1. The van der Waals surface area contributed by atoms with E-state index >= 15 is 0 Å². The standard InChI is InChI=1S/C14H12ClNO3/c1-9-7-10(15)5-6-13(9)19-8-11-3-2-4-12(16-11)14(17)18/h2-7H,8H2,1H3,(H,17,18). The molecule has 5 heteroatoms.